The predicted octanol–water partition coefficient (Wildman–Crippen LogP) is 6.10. The van der Waals surface area contributed by atoms with Gasteiger partial charge in [-0.15, -0.1) is 0 Å². The van der Waals surface area contributed by atoms with Gasteiger partial charge in [-0.3, -0.25) is 0 Å². The molecule has 126 valence electrons. The van der Waals surface area contributed by atoms with Gasteiger partial charge in [0.25, 0.3) is 0 Å². The Morgan fingerprint density at radius 1 is 0.833 bits per heavy atom. The van der Waals surface area contributed by atoms with Crippen LogP contribution >= 0.6 is 0 Å². The summed E-state index contributed by atoms with van der Waals surface area (Å²) in [6.45, 7) is 13.4. The van der Waals surface area contributed by atoms with E-state index in [9.17, 15) is 0 Å². The van der Waals surface area contributed by atoms with Gasteiger partial charge in [-0.2, -0.15) is 0 Å². The molecule has 1 aromatic heterocycles. The molecule has 0 atom stereocenters. The van der Waals surface area contributed by atoms with Crippen LogP contribution in [-0.2, 0) is 7.05 Å². The average molecular weight is 320 g/mol. The zero-order valence-corrected chi connectivity index (χ0v) is 15.9. The molecule has 3 rings (SSSR count). The summed E-state index contributed by atoms with van der Waals surface area (Å²) in [5, 5.41) is 0. The minimum Gasteiger partial charge on any atom is -0.331 e. The van der Waals surface area contributed by atoms with Gasteiger partial charge in [-0.1, -0.05) is 45.9 Å². The summed E-state index contributed by atoms with van der Waals surface area (Å²) in [5.41, 5.74) is 9.17. The molecule has 3 aromatic rings. The van der Waals surface area contributed by atoms with Gasteiger partial charge < -0.3 is 4.57 Å². The lowest BCUT2D eigenvalue weighted by Gasteiger charge is -2.19. The topological polar surface area (TPSA) is 17.8 Å². The standard InChI is InChI=1S/C22H28N2/c1-13(2)19-10-18(11-20(14(3)4)15(19)5)17-8-9-22-21(12-17)23-16(6)24(22)7/h8-14H,1-7H3. The number of imidazole rings is 1. The van der Waals surface area contributed by atoms with Gasteiger partial charge >= 0.3 is 0 Å². The van der Waals surface area contributed by atoms with Crippen LogP contribution in [0.15, 0.2) is 30.3 Å². The summed E-state index contributed by atoms with van der Waals surface area (Å²) in [7, 11) is 2.07. The third kappa shape index (κ3) is 2.75. The van der Waals surface area contributed by atoms with E-state index in [0.29, 0.717) is 11.8 Å². The first-order chi connectivity index (χ1) is 11.3. The first-order valence-corrected chi connectivity index (χ1v) is 8.87. The Kier molecular flexibility index (Phi) is 4.25. The molecular weight excluding hydrogens is 292 g/mol. The van der Waals surface area contributed by atoms with Crippen LogP contribution in [0.25, 0.3) is 22.2 Å². The molecule has 0 N–H and O–H groups in total. The van der Waals surface area contributed by atoms with Crippen LogP contribution in [-0.4, -0.2) is 9.55 Å². The number of aromatic nitrogens is 2. The molecule has 24 heavy (non-hydrogen) atoms. The molecule has 0 fully saturated rings. The second kappa shape index (κ2) is 6.08. The zero-order valence-electron chi connectivity index (χ0n) is 15.9. The van der Waals surface area contributed by atoms with E-state index in [-0.39, 0.29) is 0 Å². The van der Waals surface area contributed by atoms with E-state index in [2.05, 4.69) is 83.5 Å². The van der Waals surface area contributed by atoms with Crippen LogP contribution in [0.3, 0.4) is 0 Å². The Balaban J connectivity index is 2.21. The molecule has 0 bridgehead atoms. The molecule has 0 saturated carbocycles. The van der Waals surface area contributed by atoms with E-state index < -0.39 is 0 Å². The molecule has 2 aromatic carbocycles. The molecule has 0 unspecified atom stereocenters. The maximum Gasteiger partial charge on any atom is 0.106 e. The Morgan fingerprint density at radius 3 is 1.96 bits per heavy atom. The smallest absolute Gasteiger partial charge is 0.106 e. The largest absolute Gasteiger partial charge is 0.331 e. The lowest BCUT2D eigenvalue weighted by Crippen LogP contribution is -2.00. The predicted molar refractivity (Wildman–Crippen MR) is 104 cm³/mol. The van der Waals surface area contributed by atoms with Gasteiger partial charge in [-0.05, 0) is 65.6 Å². The number of hydrogen-bond acceptors (Lipinski definition) is 1. The van der Waals surface area contributed by atoms with E-state index in [1.54, 1.807) is 0 Å². The molecule has 0 aliphatic heterocycles. The zero-order chi connectivity index (χ0) is 17.6. The van der Waals surface area contributed by atoms with Crippen molar-refractivity contribution in [2.45, 2.75) is 53.4 Å². The van der Waals surface area contributed by atoms with Gasteiger partial charge in [-0.25, -0.2) is 4.98 Å². The molecule has 0 aliphatic carbocycles. The lowest BCUT2D eigenvalue weighted by molar-refractivity contribution is 0.818. The van der Waals surface area contributed by atoms with Crippen molar-refractivity contribution in [2.24, 2.45) is 7.05 Å². The molecule has 1 heterocycles. The summed E-state index contributed by atoms with van der Waals surface area (Å²) < 4.78 is 2.15. The Bertz CT molecular complexity index is 869. The second-order valence-corrected chi connectivity index (χ2v) is 7.51. The van der Waals surface area contributed by atoms with Crippen molar-refractivity contribution >= 4 is 11.0 Å². The average Bonchev–Trinajstić information content (AvgIpc) is 2.81. The Morgan fingerprint density at radius 2 is 1.42 bits per heavy atom. The van der Waals surface area contributed by atoms with Gasteiger partial charge in [0.2, 0.25) is 0 Å². The minimum absolute atomic E-state index is 0.531. The van der Waals surface area contributed by atoms with Gasteiger partial charge in [0.15, 0.2) is 0 Å². The number of fused-ring (bicyclic) bond motifs is 1. The SMILES string of the molecule is Cc1c(C(C)C)cc(-c2ccc3c(c2)nc(C)n3C)cc1C(C)C. The molecule has 0 saturated heterocycles. The summed E-state index contributed by atoms with van der Waals surface area (Å²) in [6.07, 6.45) is 0. The number of aryl methyl sites for hydroxylation is 2. The van der Waals surface area contributed by atoms with E-state index >= 15 is 0 Å². The van der Waals surface area contributed by atoms with Crippen LogP contribution < -0.4 is 0 Å². The summed E-state index contributed by atoms with van der Waals surface area (Å²) in [6, 6.07) is 11.4. The molecule has 0 amide bonds. The molecule has 0 radical (unpaired) electrons. The molecule has 0 spiro atoms. The highest BCUT2D eigenvalue weighted by atomic mass is 15.0. The molecule has 0 aliphatic rings. The van der Waals surface area contributed by atoms with Crippen LogP contribution in [0.4, 0.5) is 0 Å². The van der Waals surface area contributed by atoms with Crippen LogP contribution in [0.1, 0.15) is 62.0 Å². The quantitative estimate of drug-likeness (QED) is 0.570. The van der Waals surface area contributed by atoms with E-state index in [1.807, 2.05) is 0 Å². The number of rotatable bonds is 3. The van der Waals surface area contributed by atoms with Crippen molar-refractivity contribution in [2.75, 3.05) is 0 Å². The second-order valence-electron chi connectivity index (χ2n) is 7.51. The lowest BCUT2D eigenvalue weighted by atomic mass is 9.86. The fourth-order valence-electron chi connectivity index (χ4n) is 3.63. The third-order valence-electron chi connectivity index (χ3n) is 5.17. The Hall–Kier alpha value is -2.09. The van der Waals surface area contributed by atoms with Crippen molar-refractivity contribution < 1.29 is 0 Å². The summed E-state index contributed by atoms with van der Waals surface area (Å²) in [4.78, 5) is 4.69. The highest BCUT2D eigenvalue weighted by molar-refractivity contribution is 5.83. The number of benzene rings is 2. The molecule has 2 heteroatoms. The maximum atomic E-state index is 4.69. The van der Waals surface area contributed by atoms with Crippen LogP contribution in [0.2, 0.25) is 0 Å². The summed E-state index contributed by atoms with van der Waals surface area (Å²) in [5.74, 6) is 2.11. The first-order valence-electron chi connectivity index (χ1n) is 8.87. The van der Waals surface area contributed by atoms with Crippen molar-refractivity contribution in [1.82, 2.24) is 9.55 Å². The fourth-order valence-corrected chi connectivity index (χ4v) is 3.63. The molecule has 2 nitrogen and oxygen atoms in total. The van der Waals surface area contributed by atoms with Crippen molar-refractivity contribution in [3.05, 3.63) is 52.8 Å². The van der Waals surface area contributed by atoms with E-state index in [4.69, 9.17) is 4.98 Å². The monoisotopic (exact) mass is 320 g/mol. The van der Waals surface area contributed by atoms with E-state index in [0.717, 1.165) is 11.3 Å². The van der Waals surface area contributed by atoms with Gasteiger partial charge in [0.05, 0.1) is 11.0 Å². The van der Waals surface area contributed by atoms with Crippen molar-refractivity contribution in [1.29, 1.82) is 0 Å². The molecular formula is C22H28N2. The van der Waals surface area contributed by atoms with Crippen molar-refractivity contribution in [3.63, 3.8) is 0 Å². The number of nitrogens with zero attached hydrogens (tertiary/aromatic N) is 2. The first kappa shape index (κ1) is 16.8. The summed E-state index contributed by atoms with van der Waals surface area (Å²) >= 11 is 0. The minimum atomic E-state index is 0.531. The van der Waals surface area contributed by atoms with Crippen molar-refractivity contribution in [3.8, 4) is 11.1 Å². The van der Waals surface area contributed by atoms with E-state index in [1.165, 1.54) is 33.3 Å². The highest BCUT2D eigenvalue weighted by Gasteiger charge is 2.14. The fraction of sp³-hybridized carbons (Fsp3) is 0.409. The van der Waals surface area contributed by atoms with Gasteiger partial charge in [0.1, 0.15) is 5.82 Å². The van der Waals surface area contributed by atoms with Gasteiger partial charge in [0, 0.05) is 7.05 Å². The number of hydrogen-bond donors (Lipinski definition) is 0. The Labute approximate surface area is 145 Å². The normalized spacial score (nSPS) is 11.9. The van der Waals surface area contributed by atoms with Crippen LogP contribution in [0.5, 0.6) is 0 Å². The third-order valence-corrected chi connectivity index (χ3v) is 5.17. The van der Waals surface area contributed by atoms with Crippen LogP contribution in [0, 0.1) is 13.8 Å². The maximum absolute atomic E-state index is 4.69. The highest BCUT2D eigenvalue weighted by Crippen LogP contribution is 2.34.